The lowest BCUT2D eigenvalue weighted by Gasteiger charge is -2.17. The highest BCUT2D eigenvalue weighted by molar-refractivity contribution is 5.46. The van der Waals surface area contributed by atoms with Crippen LogP contribution >= 0.6 is 0 Å². The van der Waals surface area contributed by atoms with Crippen LogP contribution in [0.5, 0.6) is 11.5 Å². The fourth-order valence-corrected chi connectivity index (χ4v) is 2.66. The van der Waals surface area contributed by atoms with E-state index in [2.05, 4.69) is 20.8 Å². The predicted octanol–water partition coefficient (Wildman–Crippen LogP) is 3.74. The van der Waals surface area contributed by atoms with Gasteiger partial charge in [0.05, 0.1) is 11.7 Å². The summed E-state index contributed by atoms with van der Waals surface area (Å²) in [6.07, 6.45) is 2.33. The smallest absolute Gasteiger partial charge is 0.188 e. The van der Waals surface area contributed by atoms with Crippen LogP contribution in [0.1, 0.15) is 50.7 Å². The molecule has 2 rings (SSSR count). The molecule has 0 spiro atoms. The lowest BCUT2D eigenvalue weighted by atomic mass is 9.92. The summed E-state index contributed by atoms with van der Waals surface area (Å²) < 4.78 is 16.1. The first-order chi connectivity index (χ1) is 9.85. The number of benzene rings is 1. The fraction of sp³-hybridized carbons (Fsp3) is 0.647. The van der Waals surface area contributed by atoms with Crippen LogP contribution in [0.25, 0.3) is 0 Å². The number of phenolic OH excluding ortho intramolecular Hbond substituents is 1. The van der Waals surface area contributed by atoms with Gasteiger partial charge in [-0.25, -0.2) is 0 Å². The molecule has 4 nitrogen and oxygen atoms in total. The minimum absolute atomic E-state index is 0.0295. The van der Waals surface area contributed by atoms with E-state index in [0.29, 0.717) is 11.9 Å². The first-order valence-corrected chi connectivity index (χ1v) is 7.48. The molecule has 21 heavy (non-hydrogen) atoms. The second kappa shape index (κ2) is 6.24. The average Bonchev–Trinajstić information content (AvgIpc) is 3.02. The van der Waals surface area contributed by atoms with Crippen LogP contribution < -0.4 is 4.74 Å². The molecule has 0 aliphatic carbocycles. The maximum absolute atomic E-state index is 10.2. The Morgan fingerprint density at radius 2 is 2.05 bits per heavy atom. The van der Waals surface area contributed by atoms with E-state index in [1.165, 1.54) is 0 Å². The summed E-state index contributed by atoms with van der Waals surface area (Å²) >= 11 is 0. The Kier molecular flexibility index (Phi) is 4.79. The van der Waals surface area contributed by atoms with Crippen molar-refractivity contribution in [2.45, 2.75) is 58.2 Å². The van der Waals surface area contributed by atoms with E-state index in [9.17, 15) is 5.11 Å². The third-order valence-electron chi connectivity index (χ3n) is 4.21. The Morgan fingerprint density at radius 3 is 2.62 bits per heavy atom. The first kappa shape index (κ1) is 16.1. The van der Waals surface area contributed by atoms with Gasteiger partial charge in [-0.3, -0.25) is 0 Å². The van der Waals surface area contributed by atoms with E-state index in [1.807, 2.05) is 13.0 Å². The standard InChI is InChI=1S/C17H26O4/c1-11(6-7-16-17(3,4)21-16)13-9-15(20-10-19-5)12(2)8-14(13)18/h8-9,11,16,18H,6-7,10H2,1-5H3/t11-,16-/m1/s1. The SMILES string of the molecule is COCOc1cc([C@H](C)CC[C@H]2OC2(C)C)c(O)cc1C. The van der Waals surface area contributed by atoms with E-state index in [-0.39, 0.29) is 18.3 Å². The molecule has 1 aromatic rings. The van der Waals surface area contributed by atoms with Crippen molar-refractivity contribution in [3.63, 3.8) is 0 Å². The molecule has 1 N–H and O–H groups in total. The molecule has 0 radical (unpaired) electrons. The summed E-state index contributed by atoms with van der Waals surface area (Å²) in [5.74, 6) is 1.36. The quantitative estimate of drug-likeness (QED) is 0.615. The highest BCUT2D eigenvalue weighted by Crippen LogP contribution is 2.41. The number of epoxide rings is 1. The maximum Gasteiger partial charge on any atom is 0.188 e. The number of rotatable bonds is 7. The molecule has 1 saturated heterocycles. The van der Waals surface area contributed by atoms with Crippen LogP contribution in [0.3, 0.4) is 0 Å². The molecule has 0 unspecified atom stereocenters. The topological polar surface area (TPSA) is 51.2 Å². The fourth-order valence-electron chi connectivity index (χ4n) is 2.66. The summed E-state index contributed by atoms with van der Waals surface area (Å²) in [7, 11) is 1.59. The third-order valence-corrected chi connectivity index (χ3v) is 4.21. The van der Waals surface area contributed by atoms with Gasteiger partial charge in [0.1, 0.15) is 11.5 Å². The Labute approximate surface area is 127 Å². The lowest BCUT2D eigenvalue weighted by molar-refractivity contribution is 0.0505. The first-order valence-electron chi connectivity index (χ1n) is 7.48. The highest BCUT2D eigenvalue weighted by atomic mass is 16.7. The maximum atomic E-state index is 10.2. The van der Waals surface area contributed by atoms with Crippen LogP contribution in [-0.2, 0) is 9.47 Å². The van der Waals surface area contributed by atoms with Gasteiger partial charge >= 0.3 is 0 Å². The normalized spacial score (nSPS) is 21.1. The number of aromatic hydroxyl groups is 1. The number of methoxy groups -OCH3 is 1. The summed E-state index contributed by atoms with van der Waals surface area (Å²) in [6, 6.07) is 3.68. The Hall–Kier alpha value is -1.26. The van der Waals surface area contributed by atoms with Crippen LogP contribution in [0.15, 0.2) is 12.1 Å². The van der Waals surface area contributed by atoms with Crippen LogP contribution in [0, 0.1) is 6.92 Å². The van der Waals surface area contributed by atoms with Gasteiger partial charge in [-0.15, -0.1) is 0 Å². The minimum Gasteiger partial charge on any atom is -0.508 e. The molecule has 1 aliphatic rings. The summed E-state index contributed by atoms with van der Waals surface area (Å²) in [6.45, 7) is 8.48. The molecule has 1 aromatic carbocycles. The van der Waals surface area contributed by atoms with Gasteiger partial charge in [-0.1, -0.05) is 6.92 Å². The molecule has 4 heteroatoms. The van der Waals surface area contributed by atoms with Crippen LogP contribution in [0.4, 0.5) is 0 Å². The third kappa shape index (κ3) is 3.89. The molecule has 1 heterocycles. The van der Waals surface area contributed by atoms with Crippen LogP contribution in [0.2, 0.25) is 0 Å². The summed E-state index contributed by atoms with van der Waals surface area (Å²) in [4.78, 5) is 0. The molecule has 2 atom stereocenters. The van der Waals surface area contributed by atoms with E-state index >= 15 is 0 Å². The van der Waals surface area contributed by atoms with Gasteiger partial charge < -0.3 is 19.3 Å². The number of ether oxygens (including phenoxy) is 3. The molecule has 0 amide bonds. The molecule has 0 aromatic heterocycles. The van der Waals surface area contributed by atoms with Crippen molar-refractivity contribution in [2.24, 2.45) is 0 Å². The van der Waals surface area contributed by atoms with Gasteiger partial charge in [0, 0.05) is 12.7 Å². The zero-order chi connectivity index (χ0) is 15.6. The Morgan fingerprint density at radius 1 is 1.38 bits per heavy atom. The van der Waals surface area contributed by atoms with E-state index < -0.39 is 0 Å². The number of phenols is 1. The molecule has 1 aliphatic heterocycles. The molecule has 1 fully saturated rings. The monoisotopic (exact) mass is 294 g/mol. The molecule has 0 saturated carbocycles. The Balaban J connectivity index is 2.03. The molecular weight excluding hydrogens is 268 g/mol. The Bertz CT molecular complexity index is 496. The van der Waals surface area contributed by atoms with Crippen molar-refractivity contribution in [1.82, 2.24) is 0 Å². The van der Waals surface area contributed by atoms with Crippen molar-refractivity contribution in [3.8, 4) is 11.5 Å². The highest BCUT2D eigenvalue weighted by Gasteiger charge is 2.47. The van der Waals surface area contributed by atoms with Crippen molar-refractivity contribution < 1.29 is 19.3 Å². The predicted molar refractivity (Wildman–Crippen MR) is 81.9 cm³/mol. The van der Waals surface area contributed by atoms with Crippen molar-refractivity contribution in [2.75, 3.05) is 13.9 Å². The largest absolute Gasteiger partial charge is 0.508 e. The van der Waals surface area contributed by atoms with E-state index in [4.69, 9.17) is 14.2 Å². The van der Waals surface area contributed by atoms with Gasteiger partial charge in [-0.2, -0.15) is 0 Å². The van der Waals surface area contributed by atoms with Crippen LogP contribution in [-0.4, -0.2) is 30.7 Å². The van der Waals surface area contributed by atoms with Gasteiger partial charge in [0.15, 0.2) is 6.79 Å². The summed E-state index contributed by atoms with van der Waals surface area (Å²) in [5, 5.41) is 10.2. The van der Waals surface area contributed by atoms with Crippen molar-refractivity contribution in [1.29, 1.82) is 0 Å². The second-order valence-electron chi connectivity index (χ2n) is 6.42. The van der Waals surface area contributed by atoms with Gasteiger partial charge in [0.25, 0.3) is 0 Å². The lowest BCUT2D eigenvalue weighted by Crippen LogP contribution is -2.05. The number of hydrogen-bond acceptors (Lipinski definition) is 4. The zero-order valence-corrected chi connectivity index (χ0v) is 13.6. The minimum atomic E-state index is 0.0295. The van der Waals surface area contributed by atoms with Gasteiger partial charge in [0.2, 0.25) is 0 Å². The van der Waals surface area contributed by atoms with Crippen molar-refractivity contribution >= 4 is 0 Å². The van der Waals surface area contributed by atoms with E-state index in [1.54, 1.807) is 13.2 Å². The number of aryl methyl sites for hydroxylation is 1. The van der Waals surface area contributed by atoms with Crippen molar-refractivity contribution in [3.05, 3.63) is 23.3 Å². The average molecular weight is 294 g/mol. The van der Waals surface area contributed by atoms with Gasteiger partial charge in [-0.05, 0) is 57.2 Å². The second-order valence-corrected chi connectivity index (χ2v) is 6.42. The molecular formula is C17H26O4. The number of hydrogen-bond donors (Lipinski definition) is 1. The molecule has 118 valence electrons. The zero-order valence-electron chi connectivity index (χ0n) is 13.6. The summed E-state index contributed by atoms with van der Waals surface area (Å²) in [5.41, 5.74) is 1.86. The molecule has 0 bridgehead atoms. The van der Waals surface area contributed by atoms with E-state index in [0.717, 1.165) is 29.7 Å².